The van der Waals surface area contributed by atoms with E-state index in [4.69, 9.17) is 11.6 Å². The number of hydrogen-bond acceptors (Lipinski definition) is 5. The van der Waals surface area contributed by atoms with Gasteiger partial charge in [-0.1, -0.05) is 66.2 Å². The molecular formula is C24H19ClN6O2. The van der Waals surface area contributed by atoms with E-state index in [1.807, 2.05) is 54.6 Å². The van der Waals surface area contributed by atoms with Gasteiger partial charge in [-0.15, -0.1) is 0 Å². The minimum atomic E-state index is -0.529. The molecule has 0 fully saturated rings. The molecule has 8 nitrogen and oxygen atoms in total. The van der Waals surface area contributed by atoms with Gasteiger partial charge >= 0.3 is 5.69 Å². The quantitative estimate of drug-likeness (QED) is 0.310. The van der Waals surface area contributed by atoms with E-state index < -0.39 is 11.2 Å². The first-order valence-corrected chi connectivity index (χ1v) is 10.6. The lowest BCUT2D eigenvalue weighted by Gasteiger charge is -2.11. The summed E-state index contributed by atoms with van der Waals surface area (Å²) in [6.45, 7) is 0.359. The molecule has 0 radical (unpaired) electrons. The molecule has 5 aromatic rings. The number of rotatable bonds is 5. The second-order valence-electron chi connectivity index (χ2n) is 7.57. The maximum atomic E-state index is 12.8. The van der Waals surface area contributed by atoms with Gasteiger partial charge in [-0.25, -0.2) is 10.2 Å². The van der Waals surface area contributed by atoms with E-state index in [0.29, 0.717) is 17.5 Å². The molecule has 5 rings (SSSR count). The van der Waals surface area contributed by atoms with Gasteiger partial charge < -0.3 is 0 Å². The van der Waals surface area contributed by atoms with E-state index in [1.54, 1.807) is 30.0 Å². The standard InChI is InChI=1S/C24H19ClN6O2/c1-30-21-20(22(32)28-24(30)33)31(14-17-7-4-6-16-5-2-3-8-19(16)17)23(27-21)29-26-13-15-9-11-18(25)12-10-15/h2-13H,14H2,1H3,(H,27,29)(H,28,32,33). The van der Waals surface area contributed by atoms with Crippen molar-refractivity contribution in [2.75, 3.05) is 5.43 Å². The van der Waals surface area contributed by atoms with Gasteiger partial charge in [0.1, 0.15) is 0 Å². The molecule has 0 saturated carbocycles. The average molecular weight is 459 g/mol. The molecule has 0 atom stereocenters. The Hall–Kier alpha value is -4.17. The number of nitrogens with zero attached hydrogens (tertiary/aromatic N) is 4. The number of aryl methyl sites for hydroxylation is 1. The molecule has 33 heavy (non-hydrogen) atoms. The van der Waals surface area contributed by atoms with Crippen LogP contribution in [-0.2, 0) is 13.6 Å². The normalized spacial score (nSPS) is 11.6. The zero-order valence-electron chi connectivity index (χ0n) is 17.6. The first kappa shape index (κ1) is 20.7. The number of hydrogen-bond donors (Lipinski definition) is 2. The van der Waals surface area contributed by atoms with E-state index in [1.165, 1.54) is 4.57 Å². The zero-order valence-corrected chi connectivity index (χ0v) is 18.4. The molecule has 0 spiro atoms. The van der Waals surface area contributed by atoms with Crippen molar-refractivity contribution in [2.24, 2.45) is 12.1 Å². The lowest BCUT2D eigenvalue weighted by atomic mass is 10.0. The van der Waals surface area contributed by atoms with E-state index in [2.05, 4.69) is 20.5 Å². The Morgan fingerprint density at radius 1 is 1.06 bits per heavy atom. The fourth-order valence-electron chi connectivity index (χ4n) is 3.79. The third kappa shape index (κ3) is 3.92. The van der Waals surface area contributed by atoms with Crippen LogP contribution in [0.5, 0.6) is 0 Å². The number of fused-ring (bicyclic) bond motifs is 2. The molecule has 2 N–H and O–H groups in total. The minimum absolute atomic E-state index is 0.271. The number of imidazole rings is 1. The molecular weight excluding hydrogens is 440 g/mol. The summed E-state index contributed by atoms with van der Waals surface area (Å²) in [5.74, 6) is 0.342. The molecule has 3 aromatic carbocycles. The summed E-state index contributed by atoms with van der Waals surface area (Å²) in [7, 11) is 1.57. The minimum Gasteiger partial charge on any atom is -0.298 e. The molecule has 2 aromatic heterocycles. The van der Waals surface area contributed by atoms with Crippen LogP contribution in [0.2, 0.25) is 5.02 Å². The van der Waals surface area contributed by atoms with Crippen molar-refractivity contribution in [1.82, 2.24) is 19.1 Å². The molecule has 164 valence electrons. The molecule has 0 unspecified atom stereocenters. The van der Waals surface area contributed by atoms with Crippen LogP contribution in [0.25, 0.3) is 21.9 Å². The van der Waals surface area contributed by atoms with Crippen LogP contribution in [0.4, 0.5) is 5.95 Å². The number of nitrogens with one attached hydrogen (secondary N) is 2. The highest BCUT2D eigenvalue weighted by Crippen LogP contribution is 2.23. The van der Waals surface area contributed by atoms with Crippen LogP contribution in [0.3, 0.4) is 0 Å². The fourth-order valence-corrected chi connectivity index (χ4v) is 3.91. The van der Waals surface area contributed by atoms with Crippen LogP contribution in [-0.4, -0.2) is 25.3 Å². The molecule has 0 aliphatic heterocycles. The van der Waals surface area contributed by atoms with E-state index >= 15 is 0 Å². The van der Waals surface area contributed by atoms with Gasteiger partial charge in [0.2, 0.25) is 5.95 Å². The van der Waals surface area contributed by atoms with Crippen molar-refractivity contribution in [1.29, 1.82) is 0 Å². The van der Waals surface area contributed by atoms with Crippen LogP contribution in [0, 0.1) is 0 Å². The van der Waals surface area contributed by atoms with E-state index in [0.717, 1.165) is 21.9 Å². The highest BCUT2D eigenvalue weighted by molar-refractivity contribution is 6.30. The van der Waals surface area contributed by atoms with Crippen molar-refractivity contribution < 1.29 is 0 Å². The highest BCUT2D eigenvalue weighted by Gasteiger charge is 2.18. The third-order valence-electron chi connectivity index (χ3n) is 5.46. The first-order chi connectivity index (χ1) is 16.0. The maximum Gasteiger partial charge on any atom is 0.329 e. The van der Waals surface area contributed by atoms with Crippen molar-refractivity contribution in [3.05, 3.63) is 104 Å². The fraction of sp³-hybridized carbons (Fsp3) is 0.0833. The molecule has 0 bridgehead atoms. The Balaban J connectivity index is 1.62. The smallest absolute Gasteiger partial charge is 0.298 e. The Morgan fingerprint density at radius 2 is 1.82 bits per heavy atom. The van der Waals surface area contributed by atoms with E-state index in [-0.39, 0.29) is 11.2 Å². The van der Waals surface area contributed by atoms with Crippen molar-refractivity contribution >= 4 is 45.7 Å². The number of halogens is 1. The van der Waals surface area contributed by atoms with Crippen molar-refractivity contribution in [3.8, 4) is 0 Å². The number of H-pyrrole nitrogens is 1. The summed E-state index contributed by atoms with van der Waals surface area (Å²) in [4.78, 5) is 31.8. The highest BCUT2D eigenvalue weighted by atomic mass is 35.5. The predicted octanol–water partition coefficient (Wildman–Crippen LogP) is 3.72. The van der Waals surface area contributed by atoms with Crippen LogP contribution < -0.4 is 16.7 Å². The number of anilines is 1. The second-order valence-corrected chi connectivity index (χ2v) is 8.01. The number of aromatic amines is 1. The third-order valence-corrected chi connectivity index (χ3v) is 5.72. The first-order valence-electron chi connectivity index (χ1n) is 10.2. The monoisotopic (exact) mass is 458 g/mol. The lowest BCUT2D eigenvalue weighted by Crippen LogP contribution is -2.29. The van der Waals surface area contributed by atoms with Gasteiger partial charge in [-0.05, 0) is 34.0 Å². The van der Waals surface area contributed by atoms with Gasteiger partial charge in [0.25, 0.3) is 5.56 Å². The Kier molecular flexibility index (Phi) is 5.27. The van der Waals surface area contributed by atoms with Crippen LogP contribution in [0.1, 0.15) is 11.1 Å². The summed E-state index contributed by atoms with van der Waals surface area (Å²) in [6, 6.07) is 21.3. The maximum absolute atomic E-state index is 12.8. The Labute approximate surface area is 192 Å². The largest absolute Gasteiger partial charge is 0.329 e. The van der Waals surface area contributed by atoms with Crippen LogP contribution >= 0.6 is 11.6 Å². The molecule has 0 saturated heterocycles. The molecule has 0 aliphatic carbocycles. The van der Waals surface area contributed by atoms with Crippen LogP contribution in [0.15, 0.2) is 81.4 Å². The van der Waals surface area contributed by atoms with Gasteiger partial charge in [-0.2, -0.15) is 10.1 Å². The molecule has 0 aliphatic rings. The average Bonchev–Trinajstić information content (AvgIpc) is 3.18. The van der Waals surface area contributed by atoms with Gasteiger partial charge in [0.05, 0.1) is 12.8 Å². The van der Waals surface area contributed by atoms with E-state index in [9.17, 15) is 9.59 Å². The topological polar surface area (TPSA) is 97.1 Å². The Morgan fingerprint density at radius 3 is 2.64 bits per heavy atom. The summed E-state index contributed by atoms with van der Waals surface area (Å²) in [5, 5.41) is 7.08. The van der Waals surface area contributed by atoms with Gasteiger partial charge in [0, 0.05) is 12.1 Å². The summed E-state index contributed by atoms with van der Waals surface area (Å²) < 4.78 is 3.04. The SMILES string of the molecule is Cn1c(=O)[nH]c(=O)c2c1nc(NN=Cc1ccc(Cl)cc1)n2Cc1cccc2ccccc12. The number of aromatic nitrogens is 4. The van der Waals surface area contributed by atoms with Gasteiger partial charge in [-0.3, -0.25) is 18.9 Å². The summed E-state index contributed by atoms with van der Waals surface area (Å²) >= 11 is 5.93. The lowest BCUT2D eigenvalue weighted by molar-refractivity contribution is 0.811. The molecule has 2 heterocycles. The predicted molar refractivity (Wildman–Crippen MR) is 131 cm³/mol. The zero-order chi connectivity index (χ0) is 22.9. The van der Waals surface area contributed by atoms with Crippen molar-refractivity contribution in [2.45, 2.75) is 6.54 Å². The molecule has 9 heteroatoms. The number of hydrazone groups is 1. The summed E-state index contributed by atoms with van der Waals surface area (Å²) in [5.41, 5.74) is 4.30. The Bertz CT molecular complexity index is 1620. The van der Waals surface area contributed by atoms with Gasteiger partial charge in [0.15, 0.2) is 11.2 Å². The summed E-state index contributed by atoms with van der Waals surface area (Å²) in [6.07, 6.45) is 1.63. The number of benzene rings is 3. The second kappa shape index (κ2) is 8.40. The van der Waals surface area contributed by atoms with Crippen molar-refractivity contribution in [3.63, 3.8) is 0 Å². The molecule has 0 amide bonds.